The van der Waals surface area contributed by atoms with Crippen molar-refractivity contribution in [3.8, 4) is 5.75 Å². The van der Waals surface area contributed by atoms with Crippen LogP contribution in [0.15, 0.2) is 48.5 Å². The standard InChI is InChI=1S/C18H19N3O2/c1-13-7-9-15(10-8-13)23-12-11-21-17-6-4-3-5-16(17)20-18(21)19-14(2)22/h3-10H,11-12H2,1-2H3,(H,19,20,22). The lowest BCUT2D eigenvalue weighted by atomic mass is 10.2. The highest BCUT2D eigenvalue weighted by Crippen LogP contribution is 2.20. The van der Waals surface area contributed by atoms with Gasteiger partial charge in [0, 0.05) is 6.92 Å². The third-order valence-corrected chi connectivity index (χ3v) is 3.55. The summed E-state index contributed by atoms with van der Waals surface area (Å²) in [5, 5.41) is 2.78. The summed E-state index contributed by atoms with van der Waals surface area (Å²) in [6, 6.07) is 15.7. The van der Waals surface area contributed by atoms with Gasteiger partial charge in [0.25, 0.3) is 0 Å². The third kappa shape index (κ3) is 3.51. The molecule has 0 saturated carbocycles. The maximum absolute atomic E-state index is 11.4. The zero-order valence-corrected chi connectivity index (χ0v) is 13.2. The maximum Gasteiger partial charge on any atom is 0.223 e. The first-order chi connectivity index (χ1) is 11.1. The summed E-state index contributed by atoms with van der Waals surface area (Å²) in [6.07, 6.45) is 0. The number of anilines is 1. The number of ether oxygens (including phenoxy) is 1. The lowest BCUT2D eigenvalue weighted by Gasteiger charge is -2.11. The molecule has 23 heavy (non-hydrogen) atoms. The minimum absolute atomic E-state index is 0.138. The molecule has 1 heterocycles. The number of benzene rings is 2. The van der Waals surface area contributed by atoms with Crippen molar-refractivity contribution in [2.24, 2.45) is 0 Å². The van der Waals surface area contributed by atoms with Crippen molar-refractivity contribution in [2.75, 3.05) is 11.9 Å². The zero-order valence-electron chi connectivity index (χ0n) is 13.2. The molecule has 0 atom stereocenters. The predicted octanol–water partition coefficient (Wildman–Crippen LogP) is 3.38. The van der Waals surface area contributed by atoms with E-state index in [1.54, 1.807) is 0 Å². The number of aryl methyl sites for hydroxylation is 1. The van der Waals surface area contributed by atoms with Crippen molar-refractivity contribution in [2.45, 2.75) is 20.4 Å². The summed E-state index contributed by atoms with van der Waals surface area (Å²) < 4.78 is 7.75. The number of imidazole rings is 1. The Hall–Kier alpha value is -2.82. The molecular weight excluding hydrogens is 290 g/mol. The number of amides is 1. The smallest absolute Gasteiger partial charge is 0.223 e. The predicted molar refractivity (Wildman–Crippen MR) is 90.7 cm³/mol. The van der Waals surface area contributed by atoms with E-state index in [2.05, 4.69) is 10.3 Å². The number of carbonyl (C=O) groups is 1. The molecule has 1 N–H and O–H groups in total. The molecule has 3 aromatic rings. The van der Waals surface area contributed by atoms with E-state index in [9.17, 15) is 4.79 Å². The lowest BCUT2D eigenvalue weighted by molar-refractivity contribution is -0.114. The molecule has 0 aliphatic heterocycles. The molecular formula is C18H19N3O2. The summed E-state index contributed by atoms with van der Waals surface area (Å²) in [5.41, 5.74) is 3.03. The summed E-state index contributed by atoms with van der Waals surface area (Å²) in [5.74, 6) is 1.24. The van der Waals surface area contributed by atoms with Crippen LogP contribution in [0.1, 0.15) is 12.5 Å². The van der Waals surface area contributed by atoms with E-state index in [-0.39, 0.29) is 5.91 Å². The van der Waals surface area contributed by atoms with Gasteiger partial charge < -0.3 is 9.30 Å². The zero-order chi connectivity index (χ0) is 16.2. The number of para-hydroxylation sites is 2. The first kappa shape index (κ1) is 15.1. The van der Waals surface area contributed by atoms with E-state index in [4.69, 9.17) is 4.74 Å². The number of hydrogen-bond donors (Lipinski definition) is 1. The third-order valence-electron chi connectivity index (χ3n) is 3.55. The SMILES string of the molecule is CC(=O)Nc1nc2ccccc2n1CCOc1ccc(C)cc1. The van der Waals surface area contributed by atoms with Gasteiger partial charge in [-0.05, 0) is 31.2 Å². The van der Waals surface area contributed by atoms with Gasteiger partial charge in [-0.15, -0.1) is 0 Å². The van der Waals surface area contributed by atoms with Crippen molar-refractivity contribution in [1.82, 2.24) is 9.55 Å². The van der Waals surface area contributed by atoms with Crippen molar-refractivity contribution >= 4 is 22.9 Å². The van der Waals surface area contributed by atoms with Gasteiger partial charge in [-0.1, -0.05) is 29.8 Å². The summed E-state index contributed by atoms with van der Waals surface area (Å²) >= 11 is 0. The van der Waals surface area contributed by atoms with Gasteiger partial charge in [0.15, 0.2) is 0 Å². The Labute approximate surface area is 134 Å². The van der Waals surface area contributed by atoms with Crippen molar-refractivity contribution in [1.29, 1.82) is 0 Å². The minimum Gasteiger partial charge on any atom is -0.492 e. The van der Waals surface area contributed by atoms with Crippen LogP contribution in [0, 0.1) is 6.92 Å². The Morgan fingerprint density at radius 3 is 2.65 bits per heavy atom. The van der Waals surface area contributed by atoms with Gasteiger partial charge in [0.2, 0.25) is 11.9 Å². The quantitative estimate of drug-likeness (QED) is 0.786. The molecule has 0 bridgehead atoms. The van der Waals surface area contributed by atoms with E-state index in [1.165, 1.54) is 12.5 Å². The highest BCUT2D eigenvalue weighted by atomic mass is 16.5. The normalized spacial score (nSPS) is 10.7. The Balaban J connectivity index is 1.77. The van der Waals surface area contributed by atoms with Crippen LogP contribution in [0.25, 0.3) is 11.0 Å². The van der Waals surface area contributed by atoms with E-state index >= 15 is 0 Å². The average molecular weight is 309 g/mol. The number of carbonyl (C=O) groups excluding carboxylic acids is 1. The molecule has 0 radical (unpaired) electrons. The van der Waals surface area contributed by atoms with Gasteiger partial charge in [-0.2, -0.15) is 0 Å². The maximum atomic E-state index is 11.4. The second-order valence-electron chi connectivity index (χ2n) is 5.42. The Morgan fingerprint density at radius 2 is 1.91 bits per heavy atom. The van der Waals surface area contributed by atoms with Gasteiger partial charge in [0.05, 0.1) is 17.6 Å². The van der Waals surface area contributed by atoms with Gasteiger partial charge >= 0.3 is 0 Å². The van der Waals surface area contributed by atoms with Crippen LogP contribution in [-0.4, -0.2) is 22.1 Å². The molecule has 2 aromatic carbocycles. The van der Waals surface area contributed by atoms with E-state index in [1.807, 2.05) is 60.0 Å². The van der Waals surface area contributed by atoms with Crippen LogP contribution < -0.4 is 10.1 Å². The van der Waals surface area contributed by atoms with Crippen LogP contribution in [-0.2, 0) is 11.3 Å². The molecule has 118 valence electrons. The van der Waals surface area contributed by atoms with E-state index in [0.717, 1.165) is 16.8 Å². The molecule has 0 spiro atoms. The van der Waals surface area contributed by atoms with Gasteiger partial charge in [-0.25, -0.2) is 4.98 Å². The molecule has 5 nitrogen and oxygen atoms in total. The summed E-state index contributed by atoms with van der Waals surface area (Å²) in [4.78, 5) is 15.8. The number of hydrogen-bond acceptors (Lipinski definition) is 3. The summed E-state index contributed by atoms with van der Waals surface area (Å²) in [7, 11) is 0. The monoisotopic (exact) mass is 309 g/mol. The molecule has 0 aliphatic carbocycles. The first-order valence-corrected chi connectivity index (χ1v) is 7.56. The van der Waals surface area contributed by atoms with Crippen LogP contribution in [0.2, 0.25) is 0 Å². The fourth-order valence-electron chi connectivity index (χ4n) is 2.44. The largest absolute Gasteiger partial charge is 0.492 e. The number of rotatable bonds is 5. The Morgan fingerprint density at radius 1 is 1.17 bits per heavy atom. The number of fused-ring (bicyclic) bond motifs is 1. The average Bonchev–Trinajstić information content (AvgIpc) is 2.86. The molecule has 1 aromatic heterocycles. The van der Waals surface area contributed by atoms with E-state index in [0.29, 0.717) is 19.1 Å². The van der Waals surface area contributed by atoms with Crippen molar-refractivity contribution < 1.29 is 9.53 Å². The molecule has 3 rings (SSSR count). The number of aromatic nitrogens is 2. The lowest BCUT2D eigenvalue weighted by Crippen LogP contribution is -2.15. The first-order valence-electron chi connectivity index (χ1n) is 7.56. The minimum atomic E-state index is -0.138. The topological polar surface area (TPSA) is 56.2 Å². The molecule has 0 fully saturated rings. The van der Waals surface area contributed by atoms with Gasteiger partial charge in [0.1, 0.15) is 12.4 Å². The molecule has 0 aliphatic rings. The summed E-state index contributed by atoms with van der Waals surface area (Å²) in [6.45, 7) is 4.62. The number of nitrogens with zero attached hydrogens (tertiary/aromatic N) is 2. The fourth-order valence-corrected chi connectivity index (χ4v) is 2.44. The molecule has 0 unspecified atom stereocenters. The van der Waals surface area contributed by atoms with Gasteiger partial charge in [-0.3, -0.25) is 10.1 Å². The van der Waals surface area contributed by atoms with Crippen molar-refractivity contribution in [3.05, 3.63) is 54.1 Å². The highest BCUT2D eigenvalue weighted by molar-refractivity contribution is 5.89. The molecule has 5 heteroatoms. The van der Waals surface area contributed by atoms with Crippen LogP contribution >= 0.6 is 0 Å². The van der Waals surface area contributed by atoms with E-state index < -0.39 is 0 Å². The Kier molecular flexibility index (Phi) is 4.28. The highest BCUT2D eigenvalue weighted by Gasteiger charge is 2.11. The van der Waals surface area contributed by atoms with Crippen LogP contribution in [0.5, 0.6) is 5.75 Å². The fraction of sp³-hybridized carbons (Fsp3) is 0.222. The second kappa shape index (κ2) is 6.52. The molecule has 1 amide bonds. The Bertz CT molecular complexity index is 822. The van der Waals surface area contributed by atoms with Crippen LogP contribution in [0.3, 0.4) is 0 Å². The molecule has 0 saturated heterocycles. The second-order valence-corrected chi connectivity index (χ2v) is 5.42. The number of nitrogens with one attached hydrogen (secondary N) is 1. The van der Waals surface area contributed by atoms with Crippen LogP contribution in [0.4, 0.5) is 5.95 Å². The van der Waals surface area contributed by atoms with Crippen molar-refractivity contribution in [3.63, 3.8) is 0 Å².